The van der Waals surface area contributed by atoms with Gasteiger partial charge in [0.2, 0.25) is 0 Å². The number of benzene rings is 1. The lowest BCUT2D eigenvalue weighted by Crippen LogP contribution is -2.49. The van der Waals surface area contributed by atoms with Gasteiger partial charge in [0.25, 0.3) is 0 Å². The maximum Gasteiger partial charge on any atom is 0.312 e. The van der Waals surface area contributed by atoms with Crippen LogP contribution >= 0.6 is 0 Å². The van der Waals surface area contributed by atoms with Crippen LogP contribution in [-0.4, -0.2) is 81.6 Å². The molecule has 0 fully saturated rings. The van der Waals surface area contributed by atoms with Crippen molar-refractivity contribution in [2.24, 2.45) is 54.7 Å². The molecule has 3 atom stereocenters. The Kier molecular flexibility index (Phi) is 22.8. The van der Waals surface area contributed by atoms with E-state index >= 15 is 0 Å². The Morgan fingerprint density at radius 1 is 0.585 bits per heavy atom. The summed E-state index contributed by atoms with van der Waals surface area (Å²) in [6, 6.07) is 9.58. The Bertz CT molecular complexity index is 1590. The maximum absolute atomic E-state index is 14.4. The number of para-hydroxylation sites is 1. The van der Waals surface area contributed by atoms with Gasteiger partial charge in [-0.3, -0.25) is 14.4 Å². The lowest BCUT2D eigenvalue weighted by atomic mass is 9.52. The number of carbonyl (C=O) groups excluding carboxylic acids is 3. The molecule has 1 N–H and O–H groups in total. The highest BCUT2D eigenvalue weighted by Crippen LogP contribution is 2.57. The van der Waals surface area contributed by atoms with Gasteiger partial charge in [-0.05, 0) is 136 Å². The average molecular weight is 916 g/mol. The van der Waals surface area contributed by atoms with Crippen LogP contribution in [0.5, 0.6) is 5.75 Å². The standard InChI is InChI=1S/C56H101NO8/c1-21-29-49(5,6)41-55(17,46(60)65-37-35-58)53(13,14)31-26-30-48(3,4)40-44(45(59)63-39-38-62-43-27-24-23-25-28-43)50(7,8)32-33-52(11,12)54(15,16)42-56(18,51(9,10)22-2)47(61)64-36-34-57(19)20/h23-25,27-28,44,58H,21-22,26,29-42H2,1-20H3. The average Bonchev–Trinajstić information content (AvgIpc) is 3.19. The van der Waals surface area contributed by atoms with Crippen molar-refractivity contribution < 1.29 is 38.4 Å². The van der Waals surface area contributed by atoms with Crippen molar-refractivity contribution in [3.05, 3.63) is 30.3 Å². The third-order valence-corrected chi connectivity index (χ3v) is 16.6. The predicted molar refractivity (Wildman–Crippen MR) is 269 cm³/mol. The summed E-state index contributed by atoms with van der Waals surface area (Å²) in [7, 11) is 3.97. The molecule has 0 saturated heterocycles. The number of hydrogen-bond acceptors (Lipinski definition) is 9. The zero-order valence-electron chi connectivity index (χ0n) is 45.7. The summed E-state index contributed by atoms with van der Waals surface area (Å²) in [6.07, 6.45) is 9.05. The number of carbonyl (C=O) groups is 3. The summed E-state index contributed by atoms with van der Waals surface area (Å²) in [5.74, 6) is -0.226. The molecular formula is C56H101NO8. The van der Waals surface area contributed by atoms with E-state index < -0.39 is 16.2 Å². The molecule has 9 heteroatoms. The van der Waals surface area contributed by atoms with Crippen molar-refractivity contribution in [3.8, 4) is 5.75 Å². The zero-order chi connectivity index (χ0) is 50.3. The number of likely N-dealkylation sites (N-methyl/N-ethyl adjacent to an activating group) is 1. The lowest BCUT2D eigenvalue weighted by molar-refractivity contribution is -0.169. The fourth-order valence-corrected chi connectivity index (χ4v) is 9.87. The lowest BCUT2D eigenvalue weighted by Gasteiger charge is -2.51. The fraction of sp³-hybridized carbons (Fsp3) is 0.839. The van der Waals surface area contributed by atoms with Crippen molar-refractivity contribution in [1.29, 1.82) is 0 Å². The van der Waals surface area contributed by atoms with Crippen LogP contribution in [0.4, 0.5) is 0 Å². The van der Waals surface area contributed by atoms with E-state index in [0.29, 0.717) is 32.4 Å². The molecular weight excluding hydrogens is 815 g/mol. The highest BCUT2D eigenvalue weighted by atomic mass is 16.6. The summed E-state index contributed by atoms with van der Waals surface area (Å²) in [6.45, 7) is 41.1. The molecule has 0 bridgehead atoms. The van der Waals surface area contributed by atoms with Crippen LogP contribution in [0, 0.1) is 54.7 Å². The number of nitrogens with zero attached hydrogens (tertiary/aromatic N) is 1. The van der Waals surface area contributed by atoms with Gasteiger partial charge in [-0.1, -0.05) is 142 Å². The normalized spacial score (nSPS) is 15.8. The Labute approximate surface area is 399 Å². The number of rotatable bonds is 32. The smallest absolute Gasteiger partial charge is 0.312 e. The largest absolute Gasteiger partial charge is 0.490 e. The van der Waals surface area contributed by atoms with Crippen molar-refractivity contribution in [3.63, 3.8) is 0 Å². The van der Waals surface area contributed by atoms with E-state index in [2.05, 4.69) is 125 Å². The van der Waals surface area contributed by atoms with Crippen molar-refractivity contribution in [2.45, 2.75) is 195 Å². The summed E-state index contributed by atoms with van der Waals surface area (Å²) in [5.41, 5.74) is -3.29. The summed E-state index contributed by atoms with van der Waals surface area (Å²) in [4.78, 5) is 44.4. The van der Waals surface area contributed by atoms with Crippen LogP contribution in [0.3, 0.4) is 0 Å². The van der Waals surface area contributed by atoms with Crippen LogP contribution in [0.25, 0.3) is 0 Å². The minimum absolute atomic E-state index is 0.00553. The Morgan fingerprint density at radius 3 is 1.66 bits per heavy atom. The van der Waals surface area contributed by atoms with E-state index in [4.69, 9.17) is 18.9 Å². The predicted octanol–water partition coefficient (Wildman–Crippen LogP) is 13.4. The molecule has 9 nitrogen and oxygen atoms in total. The second-order valence-corrected chi connectivity index (χ2v) is 25.2. The highest BCUT2D eigenvalue weighted by molar-refractivity contribution is 5.78. The summed E-state index contributed by atoms with van der Waals surface area (Å²) < 4.78 is 23.7. The SMILES string of the molecule is CCCC(C)(C)CC(C)(C(=O)OCCO)C(C)(C)CCCC(C)(C)CC(C(=O)OCCOc1ccccc1)C(C)(C)CCC(C)(C)C(C)(C)CC(C)(C(=O)OCCN(C)C)C(C)(C)CC. The van der Waals surface area contributed by atoms with Crippen LogP contribution in [0.1, 0.15) is 195 Å². The van der Waals surface area contributed by atoms with Gasteiger partial charge < -0.3 is 29.0 Å². The van der Waals surface area contributed by atoms with Gasteiger partial charge in [0, 0.05) is 6.54 Å². The molecule has 0 saturated carbocycles. The molecule has 1 aromatic rings. The molecule has 1 aromatic carbocycles. The number of aliphatic hydroxyl groups excluding tert-OH is 1. The second kappa shape index (κ2) is 24.6. The molecule has 0 aliphatic rings. The molecule has 0 spiro atoms. The van der Waals surface area contributed by atoms with E-state index in [1.807, 2.05) is 49.3 Å². The summed E-state index contributed by atoms with van der Waals surface area (Å²) in [5, 5.41) is 9.51. The first kappa shape index (κ1) is 60.4. The first-order valence-corrected chi connectivity index (χ1v) is 25.1. The third kappa shape index (κ3) is 17.7. The molecule has 0 heterocycles. The van der Waals surface area contributed by atoms with E-state index in [-0.39, 0.29) is 82.7 Å². The van der Waals surface area contributed by atoms with Gasteiger partial charge in [-0.15, -0.1) is 0 Å². The van der Waals surface area contributed by atoms with Gasteiger partial charge in [-0.2, -0.15) is 0 Å². The van der Waals surface area contributed by atoms with Crippen molar-refractivity contribution >= 4 is 17.9 Å². The molecule has 0 aliphatic carbocycles. The van der Waals surface area contributed by atoms with E-state index in [1.54, 1.807) is 0 Å². The van der Waals surface area contributed by atoms with Gasteiger partial charge in [0.05, 0.1) is 23.4 Å². The monoisotopic (exact) mass is 916 g/mol. The van der Waals surface area contributed by atoms with Crippen LogP contribution in [0.2, 0.25) is 0 Å². The number of hydrogen-bond donors (Lipinski definition) is 1. The molecule has 0 radical (unpaired) electrons. The zero-order valence-corrected chi connectivity index (χ0v) is 45.7. The van der Waals surface area contributed by atoms with Crippen molar-refractivity contribution in [2.75, 3.05) is 53.7 Å². The van der Waals surface area contributed by atoms with E-state index in [1.165, 1.54) is 0 Å². The Balaban J connectivity index is 3.46. The molecule has 0 aliphatic heterocycles. The minimum atomic E-state index is -0.752. The fourth-order valence-electron chi connectivity index (χ4n) is 9.87. The van der Waals surface area contributed by atoms with Crippen LogP contribution in [-0.2, 0) is 28.6 Å². The first-order valence-electron chi connectivity index (χ1n) is 25.1. The number of ether oxygens (including phenoxy) is 4. The van der Waals surface area contributed by atoms with E-state index in [0.717, 1.165) is 57.1 Å². The van der Waals surface area contributed by atoms with Crippen LogP contribution in [0.15, 0.2) is 30.3 Å². The van der Waals surface area contributed by atoms with Gasteiger partial charge in [-0.25, -0.2) is 0 Å². The molecule has 378 valence electrons. The van der Waals surface area contributed by atoms with Crippen LogP contribution < -0.4 is 4.74 Å². The molecule has 0 amide bonds. The Hall–Kier alpha value is -2.65. The van der Waals surface area contributed by atoms with Gasteiger partial charge >= 0.3 is 17.9 Å². The number of esters is 3. The van der Waals surface area contributed by atoms with Crippen molar-refractivity contribution in [1.82, 2.24) is 4.90 Å². The van der Waals surface area contributed by atoms with Gasteiger partial charge in [0.15, 0.2) is 0 Å². The topological polar surface area (TPSA) is 112 Å². The molecule has 65 heavy (non-hydrogen) atoms. The first-order chi connectivity index (χ1) is 29.6. The minimum Gasteiger partial charge on any atom is -0.490 e. The molecule has 3 unspecified atom stereocenters. The second-order valence-electron chi connectivity index (χ2n) is 25.2. The number of aliphatic hydroxyl groups is 1. The summed E-state index contributed by atoms with van der Waals surface area (Å²) >= 11 is 0. The maximum atomic E-state index is 14.4. The van der Waals surface area contributed by atoms with E-state index in [9.17, 15) is 19.5 Å². The molecule has 0 aromatic heterocycles. The highest BCUT2D eigenvalue weighted by Gasteiger charge is 2.54. The quantitative estimate of drug-likeness (QED) is 0.0429. The Morgan fingerprint density at radius 2 is 1.14 bits per heavy atom. The van der Waals surface area contributed by atoms with Gasteiger partial charge in [0.1, 0.15) is 32.2 Å². The molecule has 1 rings (SSSR count). The third-order valence-electron chi connectivity index (χ3n) is 16.6.